The maximum atomic E-state index is 5.48. The SMILES string of the molecule is CCNCCCc1nnc(C2CCOCC2C)s1. The van der Waals surface area contributed by atoms with Crippen LogP contribution in [0.1, 0.15) is 42.6 Å². The van der Waals surface area contributed by atoms with E-state index in [-0.39, 0.29) is 0 Å². The van der Waals surface area contributed by atoms with Crippen LogP contribution in [-0.4, -0.2) is 36.5 Å². The smallest absolute Gasteiger partial charge is 0.120 e. The Hall–Kier alpha value is -0.520. The van der Waals surface area contributed by atoms with Crippen LogP contribution in [0.5, 0.6) is 0 Å². The van der Waals surface area contributed by atoms with Crippen LogP contribution in [-0.2, 0) is 11.2 Å². The van der Waals surface area contributed by atoms with Crippen LogP contribution in [0.4, 0.5) is 0 Å². The highest BCUT2D eigenvalue weighted by Gasteiger charge is 2.26. The van der Waals surface area contributed by atoms with E-state index in [1.807, 2.05) is 0 Å². The average Bonchev–Trinajstić information content (AvgIpc) is 2.84. The van der Waals surface area contributed by atoms with E-state index < -0.39 is 0 Å². The summed E-state index contributed by atoms with van der Waals surface area (Å²) in [5.41, 5.74) is 0. The number of nitrogens with one attached hydrogen (secondary N) is 1. The molecule has 1 aromatic heterocycles. The summed E-state index contributed by atoms with van der Waals surface area (Å²) in [4.78, 5) is 0. The molecule has 0 radical (unpaired) electrons. The van der Waals surface area contributed by atoms with Gasteiger partial charge in [0, 0.05) is 25.6 Å². The molecule has 2 unspecified atom stereocenters. The Bertz CT molecular complexity index is 356. The molecule has 1 aliphatic heterocycles. The molecule has 1 aromatic rings. The van der Waals surface area contributed by atoms with Gasteiger partial charge in [-0.25, -0.2) is 0 Å². The monoisotopic (exact) mass is 269 g/mol. The van der Waals surface area contributed by atoms with Crippen molar-refractivity contribution >= 4 is 11.3 Å². The first kappa shape index (κ1) is 13.9. The third-order valence-electron chi connectivity index (χ3n) is 3.43. The Morgan fingerprint density at radius 2 is 2.33 bits per heavy atom. The predicted octanol–water partition coefficient (Wildman–Crippen LogP) is 2.22. The quantitative estimate of drug-likeness (QED) is 0.804. The van der Waals surface area contributed by atoms with Crippen LogP contribution in [0.2, 0.25) is 0 Å². The predicted molar refractivity (Wildman–Crippen MR) is 74.1 cm³/mol. The van der Waals surface area contributed by atoms with E-state index >= 15 is 0 Å². The third-order valence-corrected chi connectivity index (χ3v) is 4.55. The van der Waals surface area contributed by atoms with Gasteiger partial charge in [-0.2, -0.15) is 0 Å². The van der Waals surface area contributed by atoms with Crippen LogP contribution in [0, 0.1) is 5.92 Å². The average molecular weight is 269 g/mol. The lowest BCUT2D eigenvalue weighted by Crippen LogP contribution is -2.23. The van der Waals surface area contributed by atoms with Gasteiger partial charge in [0.25, 0.3) is 0 Å². The van der Waals surface area contributed by atoms with E-state index in [1.165, 1.54) is 10.0 Å². The molecular weight excluding hydrogens is 246 g/mol. The van der Waals surface area contributed by atoms with Crippen molar-refractivity contribution in [1.82, 2.24) is 15.5 Å². The first-order valence-corrected chi connectivity index (χ1v) is 7.73. The summed E-state index contributed by atoms with van der Waals surface area (Å²) in [6.07, 6.45) is 3.28. The fraction of sp³-hybridized carbons (Fsp3) is 0.846. The van der Waals surface area contributed by atoms with Gasteiger partial charge in [0.15, 0.2) is 0 Å². The zero-order valence-corrected chi connectivity index (χ0v) is 12.1. The first-order chi connectivity index (χ1) is 8.81. The summed E-state index contributed by atoms with van der Waals surface area (Å²) >= 11 is 1.80. The van der Waals surface area contributed by atoms with E-state index in [1.54, 1.807) is 11.3 Å². The van der Waals surface area contributed by atoms with Crippen LogP contribution >= 0.6 is 11.3 Å². The van der Waals surface area contributed by atoms with Gasteiger partial charge in [-0.05, 0) is 31.8 Å². The summed E-state index contributed by atoms with van der Waals surface area (Å²) in [6, 6.07) is 0. The third kappa shape index (κ3) is 3.73. The Morgan fingerprint density at radius 3 is 3.11 bits per heavy atom. The largest absolute Gasteiger partial charge is 0.381 e. The maximum Gasteiger partial charge on any atom is 0.120 e. The molecule has 5 heteroatoms. The standard InChI is InChI=1S/C13H23N3OS/c1-3-14-7-4-5-12-15-16-13(18-12)11-6-8-17-9-10(11)2/h10-11,14H,3-9H2,1-2H3. The van der Waals surface area contributed by atoms with Crippen molar-refractivity contribution in [3.05, 3.63) is 10.0 Å². The van der Waals surface area contributed by atoms with Gasteiger partial charge in [-0.1, -0.05) is 13.8 Å². The molecule has 0 aliphatic carbocycles. The summed E-state index contributed by atoms with van der Waals surface area (Å²) in [5, 5.41) is 14.4. The van der Waals surface area contributed by atoms with Crippen molar-refractivity contribution in [2.75, 3.05) is 26.3 Å². The number of nitrogens with zero attached hydrogens (tertiary/aromatic N) is 2. The number of ether oxygens (including phenoxy) is 1. The van der Waals surface area contributed by atoms with Gasteiger partial charge < -0.3 is 10.1 Å². The van der Waals surface area contributed by atoms with Gasteiger partial charge in [0.2, 0.25) is 0 Å². The lowest BCUT2D eigenvalue weighted by molar-refractivity contribution is 0.0471. The van der Waals surface area contributed by atoms with Gasteiger partial charge >= 0.3 is 0 Å². The maximum absolute atomic E-state index is 5.48. The van der Waals surface area contributed by atoms with Crippen molar-refractivity contribution < 1.29 is 4.74 Å². The van der Waals surface area contributed by atoms with Crippen LogP contribution in [0.3, 0.4) is 0 Å². The molecule has 1 fully saturated rings. The Kier molecular flexibility index (Phi) is 5.53. The molecule has 0 aromatic carbocycles. The molecule has 18 heavy (non-hydrogen) atoms. The van der Waals surface area contributed by atoms with Gasteiger partial charge in [-0.15, -0.1) is 21.5 Å². The second kappa shape index (κ2) is 7.16. The molecule has 1 saturated heterocycles. The molecule has 0 amide bonds. The molecule has 2 atom stereocenters. The second-order valence-electron chi connectivity index (χ2n) is 4.94. The van der Waals surface area contributed by atoms with E-state index in [0.717, 1.165) is 45.6 Å². The number of hydrogen-bond acceptors (Lipinski definition) is 5. The van der Waals surface area contributed by atoms with E-state index in [0.29, 0.717) is 11.8 Å². The van der Waals surface area contributed by atoms with Gasteiger partial charge in [0.05, 0.1) is 0 Å². The minimum Gasteiger partial charge on any atom is -0.381 e. The topological polar surface area (TPSA) is 47.0 Å². The zero-order valence-electron chi connectivity index (χ0n) is 11.3. The Morgan fingerprint density at radius 1 is 1.44 bits per heavy atom. The number of hydrogen-bond donors (Lipinski definition) is 1. The molecule has 2 rings (SSSR count). The number of aryl methyl sites for hydroxylation is 1. The van der Waals surface area contributed by atoms with E-state index in [2.05, 4.69) is 29.4 Å². The lowest BCUT2D eigenvalue weighted by atomic mass is 9.91. The summed E-state index contributed by atoms with van der Waals surface area (Å²) in [7, 11) is 0. The Labute approximate surface area is 113 Å². The minimum absolute atomic E-state index is 0.554. The first-order valence-electron chi connectivity index (χ1n) is 6.92. The highest BCUT2D eigenvalue weighted by atomic mass is 32.1. The van der Waals surface area contributed by atoms with Crippen molar-refractivity contribution in [2.24, 2.45) is 5.92 Å². The van der Waals surface area contributed by atoms with Gasteiger partial charge in [-0.3, -0.25) is 0 Å². The van der Waals surface area contributed by atoms with Crippen molar-refractivity contribution in [1.29, 1.82) is 0 Å². The van der Waals surface area contributed by atoms with Gasteiger partial charge in [0.1, 0.15) is 10.0 Å². The fourth-order valence-electron chi connectivity index (χ4n) is 2.31. The molecule has 2 heterocycles. The molecule has 1 N–H and O–H groups in total. The Balaban J connectivity index is 1.85. The number of aromatic nitrogens is 2. The molecule has 0 saturated carbocycles. The normalized spacial score (nSPS) is 24.3. The lowest BCUT2D eigenvalue weighted by Gasteiger charge is -2.26. The highest BCUT2D eigenvalue weighted by Crippen LogP contribution is 2.33. The minimum atomic E-state index is 0.554. The molecule has 1 aliphatic rings. The summed E-state index contributed by atoms with van der Waals surface area (Å²) in [5.74, 6) is 1.13. The van der Waals surface area contributed by atoms with E-state index in [4.69, 9.17) is 4.74 Å². The van der Waals surface area contributed by atoms with Crippen LogP contribution < -0.4 is 5.32 Å². The fourth-order valence-corrected chi connectivity index (χ4v) is 3.46. The second-order valence-corrected chi connectivity index (χ2v) is 6.03. The zero-order chi connectivity index (χ0) is 12.8. The molecule has 0 bridgehead atoms. The molecular formula is C13H23N3OS. The number of rotatable bonds is 6. The van der Waals surface area contributed by atoms with Crippen molar-refractivity contribution in [3.8, 4) is 0 Å². The van der Waals surface area contributed by atoms with Crippen LogP contribution in [0.25, 0.3) is 0 Å². The summed E-state index contributed by atoms with van der Waals surface area (Å²) < 4.78 is 5.48. The molecule has 0 spiro atoms. The van der Waals surface area contributed by atoms with Crippen molar-refractivity contribution in [2.45, 2.75) is 39.0 Å². The van der Waals surface area contributed by atoms with Crippen LogP contribution in [0.15, 0.2) is 0 Å². The molecule has 4 nitrogen and oxygen atoms in total. The summed E-state index contributed by atoms with van der Waals surface area (Å²) in [6.45, 7) is 8.22. The highest BCUT2D eigenvalue weighted by molar-refractivity contribution is 7.11. The molecule has 102 valence electrons. The van der Waals surface area contributed by atoms with Crippen molar-refractivity contribution in [3.63, 3.8) is 0 Å². The van der Waals surface area contributed by atoms with E-state index in [9.17, 15) is 0 Å².